The van der Waals surface area contributed by atoms with Crippen LogP contribution < -0.4 is 30.8 Å². The maximum absolute atomic E-state index is 6.74. The van der Waals surface area contributed by atoms with Crippen molar-refractivity contribution < 1.29 is 9.47 Å². The fraction of sp³-hybridized carbons (Fsp3) is 0. The molecule has 0 radical (unpaired) electrons. The Hall–Kier alpha value is -5.56. The molecule has 0 spiro atoms. The van der Waals surface area contributed by atoms with Crippen LogP contribution in [0.2, 0.25) is 0 Å². The summed E-state index contributed by atoms with van der Waals surface area (Å²) < 4.78 is 15.8. The van der Waals surface area contributed by atoms with E-state index in [1.807, 2.05) is 18.2 Å². The number of benzene rings is 5. The number of anilines is 3. The molecule has 10 rings (SSSR count). The van der Waals surface area contributed by atoms with E-state index in [1.54, 1.807) is 12.4 Å². The number of para-hydroxylation sites is 2. The SMILES string of the molecule is c1cnc(N2c3cccc4c3B3c5c(cc(-n6c7ccccc7c7ccccc76)cc5Oc5cccc2c53)O4)nc1. The lowest BCUT2D eigenvalue weighted by atomic mass is 9.33. The van der Waals surface area contributed by atoms with E-state index in [9.17, 15) is 0 Å². The van der Waals surface area contributed by atoms with Gasteiger partial charge >= 0.3 is 0 Å². The van der Waals surface area contributed by atoms with Crippen molar-refractivity contribution in [1.82, 2.24) is 14.5 Å². The first-order chi connectivity index (χ1) is 20.3. The number of fused-ring (bicyclic) bond motifs is 3. The first-order valence-electron chi connectivity index (χ1n) is 13.7. The Morgan fingerprint density at radius 3 is 1.68 bits per heavy atom. The Morgan fingerprint density at radius 2 is 1.10 bits per heavy atom. The Bertz CT molecular complexity index is 2110. The lowest BCUT2D eigenvalue weighted by Crippen LogP contribution is -2.61. The fourth-order valence-electron chi connectivity index (χ4n) is 7.01. The van der Waals surface area contributed by atoms with Gasteiger partial charge in [0, 0.05) is 52.1 Å². The van der Waals surface area contributed by atoms with Crippen molar-refractivity contribution >= 4 is 62.2 Å². The summed E-state index contributed by atoms with van der Waals surface area (Å²) in [7, 11) is 0. The molecule has 0 atom stereocenters. The van der Waals surface area contributed by atoms with Crippen LogP contribution in [0.4, 0.5) is 17.3 Å². The fourth-order valence-corrected chi connectivity index (χ4v) is 7.01. The van der Waals surface area contributed by atoms with Gasteiger partial charge in [0.05, 0.1) is 16.7 Å². The quantitative estimate of drug-likeness (QED) is 0.256. The van der Waals surface area contributed by atoms with Crippen LogP contribution in [-0.4, -0.2) is 21.2 Å². The van der Waals surface area contributed by atoms with Crippen molar-refractivity contribution in [2.24, 2.45) is 0 Å². The van der Waals surface area contributed by atoms with Gasteiger partial charge in [-0.15, -0.1) is 0 Å². The van der Waals surface area contributed by atoms with Crippen LogP contribution in [0.25, 0.3) is 27.5 Å². The van der Waals surface area contributed by atoms with Gasteiger partial charge in [-0.1, -0.05) is 48.5 Å². The molecular formula is C34H19BN4O2. The second kappa shape index (κ2) is 7.55. The van der Waals surface area contributed by atoms with Crippen molar-refractivity contribution in [3.8, 4) is 28.7 Å². The lowest BCUT2D eigenvalue weighted by Gasteiger charge is -2.41. The highest BCUT2D eigenvalue weighted by Crippen LogP contribution is 2.45. The van der Waals surface area contributed by atoms with Crippen molar-refractivity contribution in [3.63, 3.8) is 0 Å². The third-order valence-corrected chi connectivity index (χ3v) is 8.55. The molecule has 0 unspecified atom stereocenters. The van der Waals surface area contributed by atoms with E-state index in [2.05, 4.69) is 104 Å². The number of hydrogen-bond donors (Lipinski definition) is 0. The van der Waals surface area contributed by atoms with Crippen molar-refractivity contribution in [2.45, 2.75) is 0 Å². The lowest BCUT2D eigenvalue weighted by molar-refractivity contribution is 0.464. The highest BCUT2D eigenvalue weighted by atomic mass is 16.5. The van der Waals surface area contributed by atoms with Crippen LogP contribution in [0.15, 0.2) is 116 Å². The Kier molecular flexibility index (Phi) is 3.92. The molecule has 5 aromatic carbocycles. The molecule has 0 amide bonds. The smallest absolute Gasteiger partial charge is 0.266 e. The monoisotopic (exact) mass is 526 g/mol. The molecule has 0 N–H and O–H groups in total. The number of nitrogens with zero attached hydrogens (tertiary/aromatic N) is 4. The minimum atomic E-state index is -0.0212. The summed E-state index contributed by atoms with van der Waals surface area (Å²) in [5.41, 5.74) is 8.63. The first kappa shape index (κ1) is 21.3. The molecule has 0 saturated heterocycles. The molecule has 0 fully saturated rings. The highest BCUT2D eigenvalue weighted by molar-refractivity contribution is 7.00. The zero-order valence-corrected chi connectivity index (χ0v) is 21.7. The Labute approximate surface area is 235 Å². The van der Waals surface area contributed by atoms with E-state index in [0.29, 0.717) is 5.95 Å². The molecule has 6 nitrogen and oxygen atoms in total. The highest BCUT2D eigenvalue weighted by Gasteiger charge is 2.47. The van der Waals surface area contributed by atoms with Gasteiger partial charge in [0.15, 0.2) is 0 Å². The van der Waals surface area contributed by atoms with Crippen LogP contribution in [0.3, 0.4) is 0 Å². The van der Waals surface area contributed by atoms with Crippen LogP contribution in [0.1, 0.15) is 0 Å². The van der Waals surface area contributed by atoms with Crippen LogP contribution in [0.5, 0.6) is 23.0 Å². The zero-order chi connectivity index (χ0) is 26.7. The summed E-state index contributed by atoms with van der Waals surface area (Å²) in [4.78, 5) is 11.3. The average Bonchev–Trinajstić information content (AvgIpc) is 3.36. The third-order valence-electron chi connectivity index (χ3n) is 8.55. The van der Waals surface area contributed by atoms with Gasteiger partial charge in [-0.2, -0.15) is 0 Å². The maximum atomic E-state index is 6.74. The number of hydrogen-bond acceptors (Lipinski definition) is 5. The summed E-state index contributed by atoms with van der Waals surface area (Å²) in [5, 5.41) is 2.44. The standard InChI is InChI=1S/C34H19BN4O2/c1-3-10-23-21(8-1)22-9-2-4-11-24(22)38(23)20-18-29-33-30(19-20)41-28-15-6-13-26-32(28)35(33)31-25(12-5-14-27(31)40-29)39(26)34-36-16-7-17-37-34/h1-19H. The Morgan fingerprint density at radius 1 is 0.537 bits per heavy atom. The first-order valence-corrected chi connectivity index (χ1v) is 13.7. The molecule has 0 saturated carbocycles. The molecule has 0 aliphatic carbocycles. The summed E-state index contributed by atoms with van der Waals surface area (Å²) in [6.07, 6.45) is 3.55. The van der Waals surface area contributed by atoms with Crippen molar-refractivity contribution in [2.75, 3.05) is 4.90 Å². The zero-order valence-electron chi connectivity index (χ0n) is 21.7. The Balaban J connectivity index is 1.26. The van der Waals surface area contributed by atoms with Gasteiger partial charge < -0.3 is 14.0 Å². The molecule has 5 heterocycles. The number of rotatable bonds is 2. The minimum absolute atomic E-state index is 0.0212. The summed E-state index contributed by atoms with van der Waals surface area (Å²) in [6, 6.07) is 35.7. The molecule has 190 valence electrons. The molecule has 2 aromatic heterocycles. The summed E-state index contributed by atoms with van der Waals surface area (Å²) >= 11 is 0. The third kappa shape index (κ3) is 2.67. The predicted molar refractivity (Wildman–Crippen MR) is 162 cm³/mol. The second-order valence-corrected chi connectivity index (χ2v) is 10.6. The largest absolute Gasteiger partial charge is 0.458 e. The van der Waals surface area contributed by atoms with E-state index < -0.39 is 0 Å². The topological polar surface area (TPSA) is 52.4 Å². The number of ether oxygens (including phenoxy) is 2. The number of aromatic nitrogens is 3. The van der Waals surface area contributed by atoms with Crippen LogP contribution >= 0.6 is 0 Å². The summed E-state index contributed by atoms with van der Waals surface area (Å²) in [5.74, 6) is 3.94. The molecule has 7 aromatic rings. The molecular weight excluding hydrogens is 507 g/mol. The molecule has 41 heavy (non-hydrogen) atoms. The van der Waals surface area contributed by atoms with Gasteiger partial charge in [0.25, 0.3) is 6.71 Å². The maximum Gasteiger partial charge on any atom is 0.266 e. The van der Waals surface area contributed by atoms with Gasteiger partial charge in [0.2, 0.25) is 5.95 Å². The van der Waals surface area contributed by atoms with Gasteiger partial charge in [-0.05, 0) is 53.4 Å². The van der Waals surface area contributed by atoms with E-state index in [4.69, 9.17) is 9.47 Å². The molecule has 0 bridgehead atoms. The van der Waals surface area contributed by atoms with E-state index in [1.165, 1.54) is 10.8 Å². The van der Waals surface area contributed by atoms with E-state index >= 15 is 0 Å². The minimum Gasteiger partial charge on any atom is -0.458 e. The van der Waals surface area contributed by atoms with E-state index in [0.717, 1.165) is 67.5 Å². The van der Waals surface area contributed by atoms with Crippen molar-refractivity contribution in [1.29, 1.82) is 0 Å². The van der Waals surface area contributed by atoms with Crippen LogP contribution in [-0.2, 0) is 0 Å². The van der Waals surface area contributed by atoms with Gasteiger partial charge in [-0.3, -0.25) is 4.90 Å². The van der Waals surface area contributed by atoms with Crippen molar-refractivity contribution in [3.05, 3.63) is 116 Å². The van der Waals surface area contributed by atoms with E-state index in [-0.39, 0.29) is 6.71 Å². The molecule has 7 heteroatoms. The van der Waals surface area contributed by atoms with Crippen LogP contribution in [0, 0.1) is 0 Å². The molecule has 3 aliphatic rings. The second-order valence-electron chi connectivity index (χ2n) is 10.6. The molecule has 3 aliphatic heterocycles. The van der Waals surface area contributed by atoms with Gasteiger partial charge in [-0.25, -0.2) is 9.97 Å². The summed E-state index contributed by atoms with van der Waals surface area (Å²) in [6.45, 7) is -0.0212. The average molecular weight is 526 g/mol. The normalized spacial score (nSPS) is 13.7. The predicted octanol–water partition coefficient (Wildman–Crippen LogP) is 6.08. The van der Waals surface area contributed by atoms with Gasteiger partial charge in [0.1, 0.15) is 23.0 Å².